The van der Waals surface area contributed by atoms with Crippen molar-refractivity contribution in [3.05, 3.63) is 66.7 Å². The fourth-order valence-electron chi connectivity index (χ4n) is 5.09. The summed E-state index contributed by atoms with van der Waals surface area (Å²) in [5.74, 6) is 0.816. The van der Waals surface area contributed by atoms with E-state index in [1.54, 1.807) is 17.5 Å². The molecular weight excluding hydrogens is 468 g/mol. The topological polar surface area (TPSA) is 92.4 Å². The minimum absolute atomic E-state index is 0.285. The SMILES string of the molecule is c1csc(-c2cncc3[nH]c(-c4[nH]nc5ncc(-c6cncc(OC7CCCCC7)c6)cc45)cc23)c1. The van der Waals surface area contributed by atoms with Gasteiger partial charge in [0.2, 0.25) is 0 Å². The zero-order valence-electron chi connectivity index (χ0n) is 19.6. The Morgan fingerprint density at radius 3 is 2.67 bits per heavy atom. The molecule has 1 saturated carbocycles. The van der Waals surface area contributed by atoms with Crippen LogP contribution in [0.5, 0.6) is 5.75 Å². The van der Waals surface area contributed by atoms with Gasteiger partial charge in [-0.05, 0) is 55.3 Å². The Labute approximate surface area is 211 Å². The first-order valence-electron chi connectivity index (χ1n) is 12.3. The summed E-state index contributed by atoms with van der Waals surface area (Å²) in [5.41, 5.74) is 6.58. The maximum Gasteiger partial charge on any atom is 0.181 e. The van der Waals surface area contributed by atoms with E-state index in [1.165, 1.54) is 24.1 Å². The summed E-state index contributed by atoms with van der Waals surface area (Å²) in [6.07, 6.45) is 15.6. The van der Waals surface area contributed by atoms with Gasteiger partial charge in [0.05, 0.1) is 35.4 Å². The summed E-state index contributed by atoms with van der Waals surface area (Å²) in [5, 5.41) is 11.8. The summed E-state index contributed by atoms with van der Waals surface area (Å²) >= 11 is 1.71. The molecule has 0 aliphatic heterocycles. The molecule has 1 aliphatic carbocycles. The summed E-state index contributed by atoms with van der Waals surface area (Å²) in [4.78, 5) is 18.2. The molecule has 0 saturated heterocycles. The largest absolute Gasteiger partial charge is 0.489 e. The Morgan fingerprint density at radius 2 is 1.78 bits per heavy atom. The molecule has 6 heterocycles. The quantitative estimate of drug-likeness (QED) is 0.270. The average Bonchev–Trinajstić information content (AvgIpc) is 3.68. The lowest BCUT2D eigenvalue weighted by atomic mass is 9.98. The molecule has 7 rings (SSSR count). The highest BCUT2D eigenvalue weighted by Crippen LogP contribution is 2.36. The molecule has 8 heteroatoms. The molecule has 0 radical (unpaired) electrons. The van der Waals surface area contributed by atoms with Gasteiger partial charge in [-0.2, -0.15) is 5.10 Å². The number of fused-ring (bicyclic) bond motifs is 2. The molecular formula is C28H24N6OS. The minimum atomic E-state index is 0.285. The smallest absolute Gasteiger partial charge is 0.181 e. The third kappa shape index (κ3) is 3.83. The van der Waals surface area contributed by atoms with Gasteiger partial charge < -0.3 is 9.72 Å². The standard InChI is InChI=1S/C28H24N6OS/c1-2-5-19(6-3-1)35-20-9-17(12-29-14-20)18-10-22-27(33-34-28(22)31-13-18)24-11-21-23(26-7-4-8-36-26)15-30-16-25(21)32-24/h4,7-16,19,32H,1-3,5-6H2,(H,31,33,34). The molecule has 1 aliphatic rings. The molecule has 0 aromatic carbocycles. The first-order valence-corrected chi connectivity index (χ1v) is 13.2. The van der Waals surface area contributed by atoms with Crippen LogP contribution in [-0.4, -0.2) is 36.2 Å². The Balaban J connectivity index is 1.26. The number of nitrogens with one attached hydrogen (secondary N) is 2. The van der Waals surface area contributed by atoms with Gasteiger partial charge in [-0.25, -0.2) is 4.98 Å². The van der Waals surface area contributed by atoms with Crippen LogP contribution in [0.3, 0.4) is 0 Å². The van der Waals surface area contributed by atoms with E-state index in [1.807, 2.05) is 24.8 Å². The van der Waals surface area contributed by atoms with E-state index in [0.29, 0.717) is 5.65 Å². The van der Waals surface area contributed by atoms with Gasteiger partial charge in [0.25, 0.3) is 0 Å². The van der Waals surface area contributed by atoms with Crippen LogP contribution in [0.1, 0.15) is 32.1 Å². The van der Waals surface area contributed by atoms with Crippen LogP contribution in [0.4, 0.5) is 0 Å². The molecule has 2 N–H and O–H groups in total. The van der Waals surface area contributed by atoms with E-state index in [2.05, 4.69) is 65.8 Å². The highest BCUT2D eigenvalue weighted by atomic mass is 32.1. The van der Waals surface area contributed by atoms with E-state index >= 15 is 0 Å². The third-order valence-electron chi connectivity index (χ3n) is 6.91. The normalized spacial score (nSPS) is 14.6. The number of hydrogen-bond donors (Lipinski definition) is 2. The van der Waals surface area contributed by atoms with E-state index in [4.69, 9.17) is 4.74 Å². The fourth-order valence-corrected chi connectivity index (χ4v) is 5.84. The van der Waals surface area contributed by atoms with Crippen molar-refractivity contribution in [2.45, 2.75) is 38.2 Å². The zero-order chi connectivity index (χ0) is 23.9. The highest BCUT2D eigenvalue weighted by molar-refractivity contribution is 7.13. The number of ether oxygens (including phenoxy) is 1. The van der Waals surface area contributed by atoms with Gasteiger partial charge in [-0.15, -0.1) is 11.3 Å². The summed E-state index contributed by atoms with van der Waals surface area (Å²) in [7, 11) is 0. The number of nitrogens with zero attached hydrogens (tertiary/aromatic N) is 4. The molecule has 0 spiro atoms. The van der Waals surface area contributed by atoms with Crippen molar-refractivity contribution >= 4 is 33.3 Å². The Hall–Kier alpha value is -4.04. The minimum Gasteiger partial charge on any atom is -0.489 e. The van der Waals surface area contributed by atoms with Crippen LogP contribution in [0, 0.1) is 0 Å². The second kappa shape index (κ2) is 8.87. The molecule has 6 aromatic heterocycles. The molecule has 36 heavy (non-hydrogen) atoms. The number of rotatable bonds is 5. The molecule has 7 nitrogen and oxygen atoms in total. The highest BCUT2D eigenvalue weighted by Gasteiger charge is 2.17. The van der Waals surface area contributed by atoms with Crippen molar-refractivity contribution in [2.75, 3.05) is 0 Å². The van der Waals surface area contributed by atoms with Gasteiger partial charge in [0, 0.05) is 50.9 Å². The Morgan fingerprint density at radius 1 is 0.889 bits per heavy atom. The van der Waals surface area contributed by atoms with Gasteiger partial charge in [0.1, 0.15) is 5.75 Å². The van der Waals surface area contributed by atoms with E-state index in [0.717, 1.165) is 63.0 Å². The van der Waals surface area contributed by atoms with Gasteiger partial charge >= 0.3 is 0 Å². The number of aromatic amines is 2. The van der Waals surface area contributed by atoms with Crippen LogP contribution in [-0.2, 0) is 0 Å². The molecule has 0 amide bonds. The fraction of sp³-hybridized carbons (Fsp3) is 0.214. The van der Waals surface area contributed by atoms with Crippen LogP contribution < -0.4 is 4.74 Å². The van der Waals surface area contributed by atoms with Crippen molar-refractivity contribution in [1.29, 1.82) is 0 Å². The van der Waals surface area contributed by atoms with Crippen LogP contribution >= 0.6 is 11.3 Å². The maximum atomic E-state index is 6.25. The molecule has 0 bridgehead atoms. The van der Waals surface area contributed by atoms with Crippen molar-refractivity contribution in [3.63, 3.8) is 0 Å². The lowest BCUT2D eigenvalue weighted by Crippen LogP contribution is -2.19. The number of thiophene rings is 1. The summed E-state index contributed by atoms with van der Waals surface area (Å²) < 4.78 is 6.25. The lowest BCUT2D eigenvalue weighted by Gasteiger charge is -2.23. The van der Waals surface area contributed by atoms with E-state index < -0.39 is 0 Å². The summed E-state index contributed by atoms with van der Waals surface area (Å²) in [6.45, 7) is 0. The van der Waals surface area contributed by atoms with Gasteiger partial charge in [0.15, 0.2) is 5.65 Å². The maximum absolute atomic E-state index is 6.25. The van der Waals surface area contributed by atoms with E-state index in [-0.39, 0.29) is 6.10 Å². The predicted octanol–water partition coefficient (Wildman–Crippen LogP) is 7.00. The number of aromatic nitrogens is 6. The van der Waals surface area contributed by atoms with Crippen LogP contribution in [0.2, 0.25) is 0 Å². The number of hydrogen-bond acceptors (Lipinski definition) is 6. The van der Waals surface area contributed by atoms with E-state index in [9.17, 15) is 0 Å². The van der Waals surface area contributed by atoms with Crippen molar-refractivity contribution in [3.8, 4) is 38.7 Å². The zero-order valence-corrected chi connectivity index (χ0v) is 20.4. The Bertz CT molecular complexity index is 1660. The summed E-state index contributed by atoms with van der Waals surface area (Å²) in [6, 6.07) is 10.5. The number of H-pyrrole nitrogens is 2. The van der Waals surface area contributed by atoms with Gasteiger partial charge in [-0.1, -0.05) is 12.5 Å². The third-order valence-corrected chi connectivity index (χ3v) is 7.82. The molecule has 1 fully saturated rings. The average molecular weight is 493 g/mol. The van der Waals surface area contributed by atoms with Crippen molar-refractivity contribution in [1.82, 2.24) is 30.1 Å². The molecule has 0 unspecified atom stereocenters. The monoisotopic (exact) mass is 492 g/mol. The van der Waals surface area contributed by atoms with Gasteiger partial charge in [-0.3, -0.25) is 15.1 Å². The second-order valence-electron chi connectivity index (χ2n) is 9.29. The first kappa shape index (κ1) is 21.3. The molecule has 0 atom stereocenters. The lowest BCUT2D eigenvalue weighted by molar-refractivity contribution is 0.154. The second-order valence-corrected chi connectivity index (χ2v) is 10.2. The predicted molar refractivity (Wildman–Crippen MR) is 143 cm³/mol. The molecule has 6 aromatic rings. The van der Waals surface area contributed by atoms with Crippen molar-refractivity contribution in [2.24, 2.45) is 0 Å². The van der Waals surface area contributed by atoms with Crippen molar-refractivity contribution < 1.29 is 4.74 Å². The first-order chi connectivity index (χ1) is 17.8. The molecule has 178 valence electrons. The van der Waals surface area contributed by atoms with Crippen LogP contribution in [0.25, 0.3) is 54.9 Å². The Kier molecular flexibility index (Phi) is 5.24. The van der Waals surface area contributed by atoms with Crippen LogP contribution in [0.15, 0.2) is 66.7 Å². The number of pyridine rings is 3.